The third kappa shape index (κ3) is 3.59. The average Bonchev–Trinajstić information content (AvgIpc) is 3.03. The van der Waals surface area contributed by atoms with Gasteiger partial charge < -0.3 is 14.6 Å². The number of aliphatic hydroxyl groups excluding tert-OH is 1. The predicted octanol–water partition coefficient (Wildman–Crippen LogP) is 3.36. The fourth-order valence-corrected chi connectivity index (χ4v) is 3.35. The Morgan fingerprint density at radius 2 is 1.79 bits per heavy atom. The van der Waals surface area contributed by atoms with Gasteiger partial charge in [0.05, 0.1) is 31.4 Å². The third-order valence-corrected chi connectivity index (χ3v) is 4.81. The zero-order valence-electron chi connectivity index (χ0n) is 16.3. The Kier molecular flexibility index (Phi) is 5.68. The van der Waals surface area contributed by atoms with Gasteiger partial charge in [-0.3, -0.25) is 14.5 Å². The van der Waals surface area contributed by atoms with Gasteiger partial charge in [0.1, 0.15) is 5.75 Å². The van der Waals surface area contributed by atoms with Crippen LogP contribution in [0.4, 0.5) is 5.69 Å². The SMILES string of the molecule is CCC(=O)C1=C(O)C(=O)N(c2cccc(C(=O)OC)c2)C1c1ccc(OC)cc1. The maximum atomic E-state index is 12.9. The van der Waals surface area contributed by atoms with Gasteiger partial charge >= 0.3 is 5.97 Å². The normalized spacial score (nSPS) is 16.2. The van der Waals surface area contributed by atoms with Crippen LogP contribution in [0.5, 0.6) is 5.75 Å². The van der Waals surface area contributed by atoms with Gasteiger partial charge in [-0.15, -0.1) is 0 Å². The van der Waals surface area contributed by atoms with Gasteiger partial charge in [0, 0.05) is 12.1 Å². The fourth-order valence-electron chi connectivity index (χ4n) is 3.35. The molecule has 0 fully saturated rings. The summed E-state index contributed by atoms with van der Waals surface area (Å²) in [6.07, 6.45) is 0.134. The van der Waals surface area contributed by atoms with Gasteiger partial charge in [-0.25, -0.2) is 4.79 Å². The van der Waals surface area contributed by atoms with Crippen molar-refractivity contribution in [1.82, 2.24) is 0 Å². The molecule has 0 aromatic heterocycles. The first-order valence-electron chi connectivity index (χ1n) is 9.05. The van der Waals surface area contributed by atoms with Crippen LogP contribution in [0.2, 0.25) is 0 Å². The first-order chi connectivity index (χ1) is 13.9. The molecule has 150 valence electrons. The fraction of sp³-hybridized carbons (Fsp3) is 0.227. The van der Waals surface area contributed by atoms with Crippen LogP contribution in [0.3, 0.4) is 0 Å². The lowest BCUT2D eigenvalue weighted by molar-refractivity contribution is -0.118. The van der Waals surface area contributed by atoms with E-state index in [1.807, 2.05) is 0 Å². The lowest BCUT2D eigenvalue weighted by Gasteiger charge is -2.27. The van der Waals surface area contributed by atoms with Crippen LogP contribution in [0.15, 0.2) is 59.9 Å². The molecule has 1 aliphatic rings. The van der Waals surface area contributed by atoms with Crippen molar-refractivity contribution in [3.05, 3.63) is 71.0 Å². The standard InChI is InChI=1S/C22H21NO6/c1-4-17(24)18-19(13-8-10-16(28-2)11-9-13)23(21(26)20(18)25)15-7-5-6-14(12-15)22(27)29-3/h5-12,19,25H,4H2,1-3H3. The summed E-state index contributed by atoms with van der Waals surface area (Å²) >= 11 is 0. The van der Waals surface area contributed by atoms with Crippen molar-refractivity contribution in [2.24, 2.45) is 0 Å². The number of benzene rings is 2. The third-order valence-electron chi connectivity index (χ3n) is 4.81. The van der Waals surface area contributed by atoms with E-state index in [0.29, 0.717) is 17.0 Å². The van der Waals surface area contributed by atoms with Crippen molar-refractivity contribution in [3.63, 3.8) is 0 Å². The number of amides is 1. The lowest BCUT2D eigenvalue weighted by Crippen LogP contribution is -2.31. The minimum absolute atomic E-state index is 0.0335. The van der Waals surface area contributed by atoms with E-state index in [-0.39, 0.29) is 23.3 Å². The van der Waals surface area contributed by atoms with Crippen LogP contribution in [0.1, 0.15) is 35.3 Å². The van der Waals surface area contributed by atoms with Crippen molar-refractivity contribution in [2.75, 3.05) is 19.1 Å². The molecule has 0 bridgehead atoms. The van der Waals surface area contributed by atoms with Gasteiger partial charge in [0.2, 0.25) is 0 Å². The number of Topliss-reactive ketones (excluding diaryl/α,β-unsaturated/α-hetero) is 1. The van der Waals surface area contributed by atoms with Crippen molar-refractivity contribution in [1.29, 1.82) is 0 Å². The Labute approximate surface area is 168 Å². The molecule has 3 rings (SSSR count). The maximum absolute atomic E-state index is 12.9. The van der Waals surface area contributed by atoms with Gasteiger partial charge in [0.25, 0.3) is 5.91 Å². The van der Waals surface area contributed by atoms with E-state index < -0.39 is 23.7 Å². The average molecular weight is 395 g/mol. The Morgan fingerprint density at radius 3 is 2.38 bits per heavy atom. The Bertz CT molecular complexity index is 993. The van der Waals surface area contributed by atoms with Crippen molar-refractivity contribution < 1.29 is 29.0 Å². The highest BCUT2D eigenvalue weighted by Gasteiger charge is 2.43. The first kappa shape index (κ1) is 20.1. The lowest BCUT2D eigenvalue weighted by atomic mass is 9.94. The minimum atomic E-state index is -0.825. The number of hydrogen-bond acceptors (Lipinski definition) is 6. The Balaban J connectivity index is 2.15. The molecule has 0 radical (unpaired) electrons. The molecule has 1 atom stereocenters. The molecule has 1 amide bonds. The number of rotatable bonds is 6. The summed E-state index contributed by atoms with van der Waals surface area (Å²) in [4.78, 5) is 38.7. The second-order valence-electron chi connectivity index (χ2n) is 6.43. The van der Waals surface area contributed by atoms with E-state index in [0.717, 1.165) is 0 Å². The van der Waals surface area contributed by atoms with Crippen LogP contribution in [0, 0.1) is 0 Å². The molecule has 2 aromatic carbocycles. The molecule has 7 heteroatoms. The van der Waals surface area contributed by atoms with Crippen molar-refractivity contribution in [2.45, 2.75) is 19.4 Å². The van der Waals surface area contributed by atoms with E-state index in [1.165, 1.54) is 25.2 Å². The summed E-state index contributed by atoms with van der Waals surface area (Å²) in [7, 11) is 2.80. The number of anilines is 1. The predicted molar refractivity (Wildman–Crippen MR) is 106 cm³/mol. The summed E-state index contributed by atoms with van der Waals surface area (Å²) in [6, 6.07) is 12.4. The van der Waals surface area contributed by atoms with Crippen LogP contribution >= 0.6 is 0 Å². The smallest absolute Gasteiger partial charge is 0.337 e. The molecular formula is C22H21NO6. The minimum Gasteiger partial charge on any atom is -0.503 e. The highest BCUT2D eigenvalue weighted by molar-refractivity contribution is 6.16. The van der Waals surface area contributed by atoms with E-state index >= 15 is 0 Å². The molecule has 0 saturated carbocycles. The molecule has 0 saturated heterocycles. The Morgan fingerprint density at radius 1 is 1.10 bits per heavy atom. The van der Waals surface area contributed by atoms with Crippen LogP contribution in [-0.2, 0) is 14.3 Å². The summed E-state index contributed by atoms with van der Waals surface area (Å²) in [5.41, 5.74) is 1.28. The zero-order valence-corrected chi connectivity index (χ0v) is 16.3. The number of esters is 1. The van der Waals surface area contributed by atoms with E-state index in [2.05, 4.69) is 0 Å². The molecular weight excluding hydrogens is 374 g/mol. The number of nitrogens with zero attached hydrogens (tertiary/aromatic N) is 1. The molecule has 7 nitrogen and oxygen atoms in total. The summed E-state index contributed by atoms with van der Waals surface area (Å²) in [6.45, 7) is 1.67. The molecule has 0 spiro atoms. The second-order valence-corrected chi connectivity index (χ2v) is 6.43. The quantitative estimate of drug-likeness (QED) is 0.754. The highest BCUT2D eigenvalue weighted by Crippen LogP contribution is 2.41. The number of carbonyl (C=O) groups is 3. The molecule has 1 aliphatic heterocycles. The summed E-state index contributed by atoms with van der Waals surface area (Å²) in [5.74, 6) is -1.55. The number of ether oxygens (including phenoxy) is 2. The topological polar surface area (TPSA) is 93.1 Å². The molecule has 1 N–H and O–H groups in total. The number of hydrogen-bond donors (Lipinski definition) is 1. The largest absolute Gasteiger partial charge is 0.503 e. The molecule has 29 heavy (non-hydrogen) atoms. The van der Waals surface area contributed by atoms with Gasteiger partial charge in [-0.2, -0.15) is 0 Å². The van der Waals surface area contributed by atoms with Crippen molar-refractivity contribution in [3.8, 4) is 5.75 Å². The second kappa shape index (κ2) is 8.18. The van der Waals surface area contributed by atoms with E-state index in [9.17, 15) is 19.5 Å². The summed E-state index contributed by atoms with van der Waals surface area (Å²) in [5, 5.41) is 10.5. The molecule has 2 aromatic rings. The van der Waals surface area contributed by atoms with E-state index in [1.54, 1.807) is 49.4 Å². The first-order valence-corrected chi connectivity index (χ1v) is 9.05. The monoisotopic (exact) mass is 395 g/mol. The maximum Gasteiger partial charge on any atom is 0.337 e. The molecule has 1 unspecified atom stereocenters. The molecule has 0 aliphatic carbocycles. The highest BCUT2D eigenvalue weighted by atomic mass is 16.5. The Hall–Kier alpha value is -3.61. The molecule has 1 heterocycles. The zero-order chi connectivity index (χ0) is 21.1. The van der Waals surface area contributed by atoms with Gasteiger partial charge in [0.15, 0.2) is 11.5 Å². The van der Waals surface area contributed by atoms with Crippen molar-refractivity contribution >= 4 is 23.3 Å². The summed E-state index contributed by atoms with van der Waals surface area (Å²) < 4.78 is 9.92. The number of methoxy groups -OCH3 is 2. The van der Waals surface area contributed by atoms with Crippen LogP contribution in [0.25, 0.3) is 0 Å². The number of aliphatic hydroxyl groups is 1. The van der Waals surface area contributed by atoms with Gasteiger partial charge in [-0.1, -0.05) is 25.1 Å². The van der Waals surface area contributed by atoms with E-state index in [4.69, 9.17) is 9.47 Å². The number of ketones is 1. The van der Waals surface area contributed by atoms with Crippen LogP contribution < -0.4 is 9.64 Å². The number of carbonyl (C=O) groups excluding carboxylic acids is 3. The van der Waals surface area contributed by atoms with Gasteiger partial charge in [-0.05, 0) is 35.9 Å². The van der Waals surface area contributed by atoms with Crippen LogP contribution in [-0.4, -0.2) is 37.0 Å².